The zero-order chi connectivity index (χ0) is 50.0. The second-order valence-electron chi connectivity index (χ2n) is 21.4. The van der Waals surface area contributed by atoms with Crippen molar-refractivity contribution >= 4 is 11.9 Å². The van der Waals surface area contributed by atoms with Gasteiger partial charge in [-0.3, -0.25) is 9.59 Å². The van der Waals surface area contributed by atoms with Crippen LogP contribution in [0, 0.1) is 0 Å². The summed E-state index contributed by atoms with van der Waals surface area (Å²) in [5, 5.41) is 23.2. The first-order valence-corrected chi connectivity index (χ1v) is 31.1. The molecule has 0 aliphatic heterocycles. The number of carbonyl (C=O) groups is 2. The summed E-state index contributed by atoms with van der Waals surface area (Å²) in [5.74, 6) is -0.0644. The van der Waals surface area contributed by atoms with Gasteiger partial charge in [0.05, 0.1) is 25.4 Å². The number of unbranched alkanes of at least 4 members (excludes halogenated alkanes) is 45. The minimum atomic E-state index is -0.849. The predicted molar refractivity (Wildman–Crippen MR) is 301 cm³/mol. The van der Waals surface area contributed by atoms with Crippen LogP contribution >= 0.6 is 0 Å². The Kier molecular flexibility index (Phi) is 57.5. The molecule has 408 valence electrons. The fourth-order valence-corrected chi connectivity index (χ4v) is 9.69. The van der Waals surface area contributed by atoms with Crippen molar-refractivity contribution in [3.05, 3.63) is 24.3 Å². The predicted octanol–water partition coefficient (Wildman–Crippen LogP) is 19.4. The number of hydrogen-bond acceptors (Lipinski definition) is 5. The lowest BCUT2D eigenvalue weighted by atomic mass is 10.0. The second-order valence-corrected chi connectivity index (χ2v) is 21.4. The van der Waals surface area contributed by atoms with Gasteiger partial charge in [-0.15, -0.1) is 0 Å². The van der Waals surface area contributed by atoms with E-state index < -0.39 is 12.1 Å². The highest BCUT2D eigenvalue weighted by Crippen LogP contribution is 2.17. The van der Waals surface area contributed by atoms with Gasteiger partial charge in [0.25, 0.3) is 0 Å². The number of aliphatic hydroxyl groups excluding tert-OH is 2. The molecule has 6 nitrogen and oxygen atoms in total. The van der Waals surface area contributed by atoms with Crippen LogP contribution in [-0.4, -0.2) is 47.4 Å². The second kappa shape index (κ2) is 58.9. The number of hydrogen-bond donors (Lipinski definition) is 3. The van der Waals surface area contributed by atoms with Crippen LogP contribution < -0.4 is 5.32 Å². The lowest BCUT2D eigenvalue weighted by Gasteiger charge is -2.20. The van der Waals surface area contributed by atoms with Crippen LogP contribution in [0.1, 0.15) is 341 Å². The quantitative estimate of drug-likeness (QED) is 0.0321. The lowest BCUT2D eigenvalue weighted by Crippen LogP contribution is -2.45. The van der Waals surface area contributed by atoms with E-state index in [1.54, 1.807) is 6.08 Å². The third kappa shape index (κ3) is 55.5. The fraction of sp³-hybridized carbons (Fsp3) is 0.905. The van der Waals surface area contributed by atoms with Crippen LogP contribution in [0.15, 0.2) is 24.3 Å². The van der Waals surface area contributed by atoms with E-state index in [9.17, 15) is 19.8 Å². The zero-order valence-electron chi connectivity index (χ0n) is 46.6. The van der Waals surface area contributed by atoms with E-state index in [1.807, 2.05) is 6.08 Å². The molecule has 0 saturated carbocycles. The minimum Gasteiger partial charge on any atom is -0.466 e. The van der Waals surface area contributed by atoms with Crippen LogP contribution in [0.2, 0.25) is 0 Å². The molecule has 0 spiro atoms. The molecule has 1 amide bonds. The average Bonchev–Trinajstić information content (AvgIpc) is 3.35. The fourth-order valence-electron chi connectivity index (χ4n) is 9.69. The monoisotopic (exact) mass is 972 g/mol. The summed E-state index contributed by atoms with van der Waals surface area (Å²) in [7, 11) is 0. The summed E-state index contributed by atoms with van der Waals surface area (Å²) in [6.07, 6.45) is 72.1. The maximum atomic E-state index is 12.5. The smallest absolute Gasteiger partial charge is 0.305 e. The van der Waals surface area contributed by atoms with Gasteiger partial charge in [0.1, 0.15) is 0 Å². The van der Waals surface area contributed by atoms with Crippen molar-refractivity contribution in [1.29, 1.82) is 0 Å². The molecule has 0 fully saturated rings. The number of ether oxygens (including phenoxy) is 1. The number of amides is 1. The van der Waals surface area contributed by atoms with Gasteiger partial charge >= 0.3 is 5.97 Å². The SMILES string of the molecule is CCCCCCCCCCCCCCCCCCC/C=C/C(O)C(CO)NC(=O)CCCCCCCCC/C=C\CCCCCCCCCCCCOC(=O)CCCCCCCCCCCCCC. The molecule has 0 aliphatic carbocycles. The first-order chi connectivity index (χ1) is 34.0. The number of allylic oxidation sites excluding steroid dienone is 3. The highest BCUT2D eigenvalue weighted by molar-refractivity contribution is 5.76. The van der Waals surface area contributed by atoms with E-state index in [1.165, 1.54) is 270 Å². The van der Waals surface area contributed by atoms with Crippen LogP contribution in [0.5, 0.6) is 0 Å². The molecule has 2 unspecified atom stereocenters. The highest BCUT2D eigenvalue weighted by Gasteiger charge is 2.18. The van der Waals surface area contributed by atoms with Crippen molar-refractivity contribution in [3.8, 4) is 0 Å². The summed E-state index contributed by atoms with van der Waals surface area (Å²) in [4.78, 5) is 24.5. The third-order valence-electron chi connectivity index (χ3n) is 14.5. The summed E-state index contributed by atoms with van der Waals surface area (Å²) in [6, 6.07) is -0.634. The van der Waals surface area contributed by atoms with Crippen molar-refractivity contribution < 1.29 is 24.5 Å². The van der Waals surface area contributed by atoms with E-state index >= 15 is 0 Å². The molecule has 0 radical (unpaired) electrons. The van der Waals surface area contributed by atoms with Crippen LogP contribution in [-0.2, 0) is 14.3 Å². The topological polar surface area (TPSA) is 95.9 Å². The van der Waals surface area contributed by atoms with Crippen molar-refractivity contribution in [2.24, 2.45) is 0 Å². The number of aliphatic hydroxyl groups is 2. The molecule has 3 N–H and O–H groups in total. The Hall–Kier alpha value is -1.66. The number of carbonyl (C=O) groups excluding carboxylic acids is 2. The van der Waals surface area contributed by atoms with Crippen LogP contribution in [0.25, 0.3) is 0 Å². The maximum Gasteiger partial charge on any atom is 0.305 e. The Morgan fingerprint density at radius 2 is 0.681 bits per heavy atom. The molecule has 0 heterocycles. The summed E-state index contributed by atoms with van der Waals surface area (Å²) in [5.41, 5.74) is 0. The Morgan fingerprint density at radius 1 is 0.391 bits per heavy atom. The van der Waals surface area contributed by atoms with Gasteiger partial charge in [0.15, 0.2) is 0 Å². The van der Waals surface area contributed by atoms with E-state index in [4.69, 9.17) is 4.74 Å². The van der Waals surface area contributed by atoms with Gasteiger partial charge < -0.3 is 20.3 Å². The summed E-state index contributed by atoms with van der Waals surface area (Å²) in [6.45, 7) is 4.92. The Morgan fingerprint density at radius 3 is 1.03 bits per heavy atom. The highest BCUT2D eigenvalue weighted by atomic mass is 16.5. The van der Waals surface area contributed by atoms with Crippen molar-refractivity contribution in [3.63, 3.8) is 0 Å². The van der Waals surface area contributed by atoms with Gasteiger partial charge in [0, 0.05) is 12.8 Å². The zero-order valence-corrected chi connectivity index (χ0v) is 46.6. The molecule has 0 rings (SSSR count). The van der Waals surface area contributed by atoms with Crippen molar-refractivity contribution in [2.75, 3.05) is 13.2 Å². The molecule has 2 atom stereocenters. The third-order valence-corrected chi connectivity index (χ3v) is 14.5. The molecule has 6 heteroatoms. The molecule has 0 saturated heterocycles. The largest absolute Gasteiger partial charge is 0.466 e. The van der Waals surface area contributed by atoms with Crippen molar-refractivity contribution in [1.82, 2.24) is 5.32 Å². The van der Waals surface area contributed by atoms with E-state index in [-0.39, 0.29) is 18.5 Å². The van der Waals surface area contributed by atoms with E-state index in [0.29, 0.717) is 19.4 Å². The Labute approximate surface area is 431 Å². The molecular formula is C63H121NO5. The van der Waals surface area contributed by atoms with Gasteiger partial charge in [0.2, 0.25) is 5.91 Å². The van der Waals surface area contributed by atoms with Gasteiger partial charge in [-0.25, -0.2) is 0 Å². The summed E-state index contributed by atoms with van der Waals surface area (Å²) < 4.78 is 5.47. The first kappa shape index (κ1) is 67.3. The molecular weight excluding hydrogens is 851 g/mol. The van der Waals surface area contributed by atoms with Crippen LogP contribution in [0.3, 0.4) is 0 Å². The lowest BCUT2D eigenvalue weighted by molar-refractivity contribution is -0.143. The van der Waals surface area contributed by atoms with Crippen molar-refractivity contribution in [2.45, 2.75) is 353 Å². The summed E-state index contributed by atoms with van der Waals surface area (Å²) >= 11 is 0. The molecule has 0 aromatic carbocycles. The standard InChI is InChI=1S/C63H121NO5/c1-3-5-7-9-11-13-15-17-18-19-23-26-29-32-35-39-43-47-51-55-61(66)60(59-65)64-62(67)56-52-48-44-40-36-33-30-27-24-21-20-22-25-28-31-34-38-42-46-50-54-58-69-63(68)57-53-49-45-41-37-16-14-12-10-8-6-4-2/h21,24,51,55,60-61,65-66H,3-20,22-23,25-50,52-54,56-59H2,1-2H3,(H,64,67)/b24-21-,55-51+. The number of nitrogens with one attached hydrogen (secondary N) is 1. The average molecular weight is 973 g/mol. The van der Waals surface area contributed by atoms with Crippen LogP contribution in [0.4, 0.5) is 0 Å². The van der Waals surface area contributed by atoms with Gasteiger partial charge in [-0.1, -0.05) is 295 Å². The molecule has 0 aliphatic rings. The molecule has 0 aromatic rings. The Bertz CT molecular complexity index is 1080. The van der Waals surface area contributed by atoms with Gasteiger partial charge in [-0.05, 0) is 57.8 Å². The number of esters is 1. The van der Waals surface area contributed by atoms with E-state index in [2.05, 4.69) is 31.3 Å². The number of rotatable bonds is 58. The van der Waals surface area contributed by atoms with Gasteiger partial charge in [-0.2, -0.15) is 0 Å². The van der Waals surface area contributed by atoms with E-state index in [0.717, 1.165) is 44.9 Å². The molecule has 0 aromatic heterocycles. The Balaban J connectivity index is 3.46. The minimum absolute atomic E-state index is 0.00863. The first-order valence-electron chi connectivity index (χ1n) is 31.1. The maximum absolute atomic E-state index is 12.5. The molecule has 0 bridgehead atoms. The molecule has 69 heavy (non-hydrogen) atoms. The normalized spacial score (nSPS) is 12.7.